The number of benzene rings is 1. The molecule has 1 aromatic carbocycles. The van der Waals surface area contributed by atoms with Crippen LogP contribution in [0.25, 0.3) is 0 Å². The molecule has 1 atom stereocenters. The Bertz CT molecular complexity index is 341. The Morgan fingerprint density at radius 1 is 1.60 bits per heavy atom. The van der Waals surface area contributed by atoms with Crippen molar-refractivity contribution in [2.45, 2.75) is 29.9 Å². The minimum Gasteiger partial charge on any atom is -0.481 e. The molecule has 2 nitrogen and oxygen atoms in total. The molecule has 0 radical (unpaired) electrons. The number of carbonyl (C=O) groups is 1. The molecule has 0 aliphatic heterocycles. The van der Waals surface area contributed by atoms with Gasteiger partial charge < -0.3 is 5.11 Å². The summed E-state index contributed by atoms with van der Waals surface area (Å²) in [5, 5.41) is 8.69. The molecule has 0 aromatic heterocycles. The lowest BCUT2D eigenvalue weighted by atomic mass is 10.2. The van der Waals surface area contributed by atoms with E-state index < -0.39 is 5.97 Å². The van der Waals surface area contributed by atoms with E-state index >= 15 is 0 Å². The summed E-state index contributed by atoms with van der Waals surface area (Å²) in [6.45, 7) is 1.94. The van der Waals surface area contributed by atoms with Crippen molar-refractivity contribution in [3.05, 3.63) is 30.1 Å². The van der Waals surface area contributed by atoms with E-state index in [9.17, 15) is 9.18 Å². The number of thioether (sulfide) groups is 1. The van der Waals surface area contributed by atoms with Gasteiger partial charge in [-0.1, -0.05) is 13.0 Å². The molecule has 0 aliphatic carbocycles. The molecule has 0 spiro atoms. The molecule has 1 rings (SSSR count). The van der Waals surface area contributed by atoms with Crippen LogP contribution in [0.4, 0.5) is 4.39 Å². The molecule has 0 amide bonds. The number of rotatable bonds is 5. The quantitative estimate of drug-likeness (QED) is 0.786. The predicted molar refractivity (Wildman–Crippen MR) is 58.6 cm³/mol. The Kier molecular flexibility index (Phi) is 4.62. The van der Waals surface area contributed by atoms with Crippen molar-refractivity contribution in [3.8, 4) is 0 Å². The Morgan fingerprint density at radius 2 is 2.33 bits per heavy atom. The molecule has 0 aliphatic rings. The number of carboxylic acids is 1. The average molecular weight is 228 g/mol. The standard InChI is InChI=1S/C11H13FO2S/c1-8(5-6-11(13)14)15-10-4-2-3-9(12)7-10/h2-4,7-8H,5-6H2,1H3,(H,13,14). The molecule has 1 unspecified atom stereocenters. The van der Waals surface area contributed by atoms with E-state index in [0.717, 1.165) is 4.90 Å². The number of aliphatic carboxylic acids is 1. The smallest absolute Gasteiger partial charge is 0.303 e. The molecule has 0 bridgehead atoms. The summed E-state index contributed by atoms with van der Waals surface area (Å²) in [4.78, 5) is 11.2. The molecule has 0 saturated heterocycles. The second-order valence-electron chi connectivity index (χ2n) is 3.32. The van der Waals surface area contributed by atoms with Crippen LogP contribution < -0.4 is 0 Å². The van der Waals surface area contributed by atoms with Crippen LogP contribution >= 0.6 is 11.8 Å². The van der Waals surface area contributed by atoms with Crippen LogP contribution in [0.2, 0.25) is 0 Å². The summed E-state index contributed by atoms with van der Waals surface area (Å²) in [5.41, 5.74) is 0. The summed E-state index contributed by atoms with van der Waals surface area (Å²) in [5.74, 6) is -1.05. The summed E-state index contributed by atoms with van der Waals surface area (Å²) in [6.07, 6.45) is 0.750. The van der Waals surface area contributed by atoms with Gasteiger partial charge in [0.25, 0.3) is 0 Å². The molecular formula is C11H13FO2S. The molecular weight excluding hydrogens is 215 g/mol. The van der Waals surface area contributed by atoms with Gasteiger partial charge in [-0.3, -0.25) is 4.79 Å². The lowest BCUT2D eigenvalue weighted by molar-refractivity contribution is -0.137. The van der Waals surface area contributed by atoms with Crippen molar-refractivity contribution in [1.82, 2.24) is 0 Å². The van der Waals surface area contributed by atoms with E-state index in [2.05, 4.69) is 0 Å². The SMILES string of the molecule is CC(CCC(=O)O)Sc1cccc(F)c1. The van der Waals surface area contributed by atoms with Gasteiger partial charge in [-0.15, -0.1) is 11.8 Å². The fraction of sp³-hybridized carbons (Fsp3) is 0.364. The first-order valence-corrected chi connectivity index (χ1v) is 5.60. The average Bonchev–Trinajstić information content (AvgIpc) is 2.15. The largest absolute Gasteiger partial charge is 0.481 e. The van der Waals surface area contributed by atoms with Crippen LogP contribution in [0.1, 0.15) is 19.8 Å². The van der Waals surface area contributed by atoms with Gasteiger partial charge in [0, 0.05) is 16.6 Å². The number of hydrogen-bond donors (Lipinski definition) is 1. The lowest BCUT2D eigenvalue weighted by Crippen LogP contribution is -2.02. The van der Waals surface area contributed by atoms with Crippen LogP contribution in [0, 0.1) is 5.82 Å². The van der Waals surface area contributed by atoms with Crippen molar-refractivity contribution in [3.63, 3.8) is 0 Å². The van der Waals surface area contributed by atoms with Crippen molar-refractivity contribution >= 4 is 17.7 Å². The minimum absolute atomic E-state index is 0.156. The van der Waals surface area contributed by atoms with Crippen molar-refractivity contribution in [2.24, 2.45) is 0 Å². The highest BCUT2D eigenvalue weighted by atomic mass is 32.2. The highest BCUT2D eigenvalue weighted by Gasteiger charge is 2.07. The fourth-order valence-electron chi connectivity index (χ4n) is 1.16. The number of carboxylic acid groups (broad SMARTS) is 1. The molecule has 0 heterocycles. The van der Waals surface area contributed by atoms with Gasteiger partial charge >= 0.3 is 5.97 Å². The maximum absolute atomic E-state index is 12.8. The van der Waals surface area contributed by atoms with Gasteiger partial charge in [0.2, 0.25) is 0 Å². The highest BCUT2D eigenvalue weighted by Crippen LogP contribution is 2.26. The van der Waals surface area contributed by atoms with Crippen LogP contribution in [0.15, 0.2) is 29.2 Å². The first-order chi connectivity index (χ1) is 7.08. The predicted octanol–water partition coefficient (Wildman–Crippen LogP) is 3.17. The summed E-state index contributed by atoms with van der Waals surface area (Å²) in [6, 6.07) is 6.33. The first kappa shape index (κ1) is 12.0. The van der Waals surface area contributed by atoms with E-state index in [0.29, 0.717) is 6.42 Å². The first-order valence-electron chi connectivity index (χ1n) is 4.72. The van der Waals surface area contributed by atoms with Crippen LogP contribution in [0.5, 0.6) is 0 Å². The maximum atomic E-state index is 12.8. The molecule has 15 heavy (non-hydrogen) atoms. The Balaban J connectivity index is 2.44. The van der Waals surface area contributed by atoms with E-state index in [1.54, 1.807) is 6.07 Å². The second-order valence-corrected chi connectivity index (χ2v) is 4.83. The minimum atomic E-state index is -0.790. The van der Waals surface area contributed by atoms with E-state index in [1.807, 2.05) is 13.0 Å². The monoisotopic (exact) mass is 228 g/mol. The van der Waals surface area contributed by atoms with Gasteiger partial charge in [0.05, 0.1) is 0 Å². The van der Waals surface area contributed by atoms with Crippen molar-refractivity contribution < 1.29 is 14.3 Å². The van der Waals surface area contributed by atoms with E-state index in [4.69, 9.17) is 5.11 Å². The lowest BCUT2D eigenvalue weighted by Gasteiger charge is -2.09. The van der Waals surface area contributed by atoms with Gasteiger partial charge in [0.15, 0.2) is 0 Å². The van der Waals surface area contributed by atoms with Crippen molar-refractivity contribution in [2.75, 3.05) is 0 Å². The van der Waals surface area contributed by atoms with Crippen LogP contribution in [-0.2, 0) is 4.79 Å². The zero-order chi connectivity index (χ0) is 11.3. The fourth-order valence-corrected chi connectivity index (χ4v) is 2.20. The molecule has 0 fully saturated rings. The van der Waals surface area contributed by atoms with Crippen LogP contribution in [0.3, 0.4) is 0 Å². The zero-order valence-electron chi connectivity index (χ0n) is 8.44. The number of halogens is 1. The van der Waals surface area contributed by atoms with Crippen LogP contribution in [-0.4, -0.2) is 16.3 Å². The highest BCUT2D eigenvalue weighted by molar-refractivity contribution is 7.99. The molecule has 1 N–H and O–H groups in total. The third-order valence-corrected chi connectivity index (χ3v) is 3.06. The summed E-state index contributed by atoms with van der Waals surface area (Å²) in [7, 11) is 0. The van der Waals surface area contributed by atoms with Gasteiger partial charge in [-0.25, -0.2) is 4.39 Å². The van der Waals surface area contributed by atoms with E-state index in [1.165, 1.54) is 23.9 Å². The van der Waals surface area contributed by atoms with Gasteiger partial charge in [-0.05, 0) is 24.6 Å². The summed E-state index contributed by atoms with van der Waals surface area (Å²) >= 11 is 1.50. The normalized spacial score (nSPS) is 12.4. The second kappa shape index (κ2) is 5.75. The number of hydrogen-bond acceptors (Lipinski definition) is 2. The van der Waals surface area contributed by atoms with Gasteiger partial charge in [-0.2, -0.15) is 0 Å². The summed E-state index contributed by atoms with van der Waals surface area (Å²) < 4.78 is 12.8. The Morgan fingerprint density at radius 3 is 2.93 bits per heavy atom. The third kappa shape index (κ3) is 4.83. The Hall–Kier alpha value is -1.03. The molecule has 82 valence electrons. The molecule has 4 heteroatoms. The zero-order valence-corrected chi connectivity index (χ0v) is 9.26. The molecule has 1 aromatic rings. The van der Waals surface area contributed by atoms with E-state index in [-0.39, 0.29) is 17.5 Å². The Labute approximate surface area is 92.5 Å². The van der Waals surface area contributed by atoms with Gasteiger partial charge in [0.1, 0.15) is 5.82 Å². The molecule has 0 saturated carbocycles. The van der Waals surface area contributed by atoms with Crippen molar-refractivity contribution in [1.29, 1.82) is 0 Å². The maximum Gasteiger partial charge on any atom is 0.303 e. The topological polar surface area (TPSA) is 37.3 Å². The third-order valence-electron chi connectivity index (χ3n) is 1.90.